The molecule has 0 radical (unpaired) electrons. The van der Waals surface area contributed by atoms with Gasteiger partial charge in [0.05, 0.1) is 44.0 Å². The van der Waals surface area contributed by atoms with Crippen molar-refractivity contribution in [3.8, 4) is 28.5 Å². The van der Waals surface area contributed by atoms with E-state index in [-0.39, 0.29) is 17.5 Å². The fraction of sp³-hybridized carbons (Fsp3) is 0.348. The number of nitrogens with one attached hydrogen (secondary N) is 1. The summed E-state index contributed by atoms with van der Waals surface area (Å²) in [4.78, 5) is 4.92. The number of rotatable bonds is 7. The molecule has 1 aromatic heterocycles. The summed E-state index contributed by atoms with van der Waals surface area (Å²) < 4.78 is 39.8. The van der Waals surface area contributed by atoms with E-state index >= 15 is 0 Å². The van der Waals surface area contributed by atoms with Crippen molar-refractivity contribution in [3.63, 3.8) is 0 Å². The first kappa shape index (κ1) is 21.4. The Bertz CT molecular complexity index is 1210. The SMILES string of the molecule is COc1ccc2cc(CNC3CCS(=O)(=O)C3)c(-c3ccc(OC)c(OC)c3)nc2c1. The molecule has 2 heterocycles. The van der Waals surface area contributed by atoms with Gasteiger partial charge < -0.3 is 19.5 Å². The van der Waals surface area contributed by atoms with E-state index in [0.29, 0.717) is 24.5 Å². The minimum absolute atomic E-state index is 0.0465. The van der Waals surface area contributed by atoms with Crippen LogP contribution in [0.25, 0.3) is 22.2 Å². The molecule has 1 unspecified atom stereocenters. The molecule has 7 nitrogen and oxygen atoms in total. The molecule has 4 rings (SSSR count). The van der Waals surface area contributed by atoms with Crippen LogP contribution in [0, 0.1) is 0 Å². The van der Waals surface area contributed by atoms with Crippen LogP contribution in [0.15, 0.2) is 42.5 Å². The van der Waals surface area contributed by atoms with E-state index in [1.54, 1.807) is 21.3 Å². The Balaban J connectivity index is 1.76. The fourth-order valence-electron chi connectivity index (χ4n) is 3.90. The van der Waals surface area contributed by atoms with Crippen LogP contribution in [-0.4, -0.2) is 52.3 Å². The van der Waals surface area contributed by atoms with Gasteiger partial charge in [-0.2, -0.15) is 0 Å². The van der Waals surface area contributed by atoms with Crippen molar-refractivity contribution in [1.29, 1.82) is 0 Å². The minimum Gasteiger partial charge on any atom is -0.497 e. The molecule has 0 bridgehead atoms. The molecule has 3 aromatic rings. The van der Waals surface area contributed by atoms with Crippen molar-refractivity contribution in [1.82, 2.24) is 10.3 Å². The molecule has 31 heavy (non-hydrogen) atoms. The molecule has 1 fully saturated rings. The first-order valence-electron chi connectivity index (χ1n) is 10.1. The van der Waals surface area contributed by atoms with Gasteiger partial charge in [0.2, 0.25) is 0 Å². The Kier molecular flexibility index (Phi) is 6.02. The van der Waals surface area contributed by atoms with Crippen molar-refractivity contribution in [3.05, 3.63) is 48.0 Å². The minimum atomic E-state index is -2.94. The maximum Gasteiger partial charge on any atom is 0.161 e. The van der Waals surface area contributed by atoms with Gasteiger partial charge in [-0.05, 0) is 48.4 Å². The van der Waals surface area contributed by atoms with Crippen molar-refractivity contribution in [2.24, 2.45) is 0 Å². The molecular formula is C23H26N2O5S. The van der Waals surface area contributed by atoms with E-state index in [2.05, 4.69) is 11.4 Å². The molecule has 0 saturated carbocycles. The standard InChI is InChI=1S/C23H26N2O5S/c1-28-19-6-4-15-10-17(13-24-18-8-9-31(26,27)14-18)23(25-20(15)12-19)16-5-7-21(29-2)22(11-16)30-3/h4-7,10-12,18,24H,8-9,13-14H2,1-3H3. The highest BCUT2D eigenvalue weighted by Gasteiger charge is 2.27. The quantitative estimate of drug-likeness (QED) is 0.601. The predicted octanol–water partition coefficient (Wildman–Crippen LogP) is 3.20. The Morgan fingerprint density at radius 3 is 2.48 bits per heavy atom. The summed E-state index contributed by atoms with van der Waals surface area (Å²) in [5.41, 5.74) is 3.48. The van der Waals surface area contributed by atoms with Crippen molar-refractivity contribution >= 4 is 20.7 Å². The number of aromatic nitrogens is 1. The fourth-order valence-corrected chi connectivity index (χ4v) is 5.60. The highest BCUT2D eigenvalue weighted by Crippen LogP contribution is 2.34. The van der Waals surface area contributed by atoms with Gasteiger partial charge in [0.15, 0.2) is 21.3 Å². The smallest absolute Gasteiger partial charge is 0.161 e. The van der Waals surface area contributed by atoms with Gasteiger partial charge in [-0.3, -0.25) is 0 Å². The lowest BCUT2D eigenvalue weighted by molar-refractivity contribution is 0.355. The number of pyridine rings is 1. The number of sulfone groups is 1. The Morgan fingerprint density at radius 2 is 1.81 bits per heavy atom. The number of fused-ring (bicyclic) bond motifs is 1. The summed E-state index contributed by atoms with van der Waals surface area (Å²) in [6, 6.07) is 13.5. The summed E-state index contributed by atoms with van der Waals surface area (Å²) in [6.45, 7) is 0.513. The first-order valence-corrected chi connectivity index (χ1v) is 11.9. The van der Waals surface area contributed by atoms with E-state index in [1.807, 2.05) is 36.4 Å². The average molecular weight is 443 g/mol. The van der Waals surface area contributed by atoms with Crippen molar-refractivity contribution in [2.45, 2.75) is 19.0 Å². The molecule has 0 spiro atoms. The second kappa shape index (κ2) is 8.72. The maximum atomic E-state index is 11.8. The number of benzene rings is 2. The van der Waals surface area contributed by atoms with Crippen LogP contribution in [0.1, 0.15) is 12.0 Å². The molecule has 0 aliphatic carbocycles. The summed E-state index contributed by atoms with van der Waals surface area (Å²) in [7, 11) is 1.89. The predicted molar refractivity (Wildman–Crippen MR) is 121 cm³/mol. The molecule has 1 atom stereocenters. The normalized spacial score (nSPS) is 17.6. The van der Waals surface area contributed by atoms with Crippen LogP contribution < -0.4 is 19.5 Å². The largest absolute Gasteiger partial charge is 0.497 e. The zero-order chi connectivity index (χ0) is 22.0. The Hall–Kier alpha value is -2.84. The highest BCUT2D eigenvalue weighted by atomic mass is 32.2. The number of ether oxygens (including phenoxy) is 3. The van der Waals surface area contributed by atoms with Crippen LogP contribution >= 0.6 is 0 Å². The van der Waals surface area contributed by atoms with Gasteiger partial charge in [-0.15, -0.1) is 0 Å². The van der Waals surface area contributed by atoms with Crippen molar-refractivity contribution in [2.75, 3.05) is 32.8 Å². The van der Waals surface area contributed by atoms with E-state index < -0.39 is 9.84 Å². The number of methoxy groups -OCH3 is 3. The number of hydrogen-bond donors (Lipinski definition) is 1. The molecular weight excluding hydrogens is 416 g/mol. The van der Waals surface area contributed by atoms with Gasteiger partial charge in [-0.1, -0.05) is 0 Å². The van der Waals surface area contributed by atoms with Gasteiger partial charge in [0.1, 0.15) is 5.75 Å². The van der Waals surface area contributed by atoms with Crippen LogP contribution in [0.2, 0.25) is 0 Å². The molecule has 2 aromatic carbocycles. The third kappa shape index (κ3) is 4.60. The lowest BCUT2D eigenvalue weighted by Crippen LogP contribution is -2.29. The van der Waals surface area contributed by atoms with Crippen LogP contribution in [0.3, 0.4) is 0 Å². The van der Waals surface area contributed by atoms with E-state index in [4.69, 9.17) is 19.2 Å². The third-order valence-corrected chi connectivity index (χ3v) is 7.34. The molecule has 1 saturated heterocycles. The lowest BCUT2D eigenvalue weighted by Gasteiger charge is -2.16. The second-order valence-electron chi connectivity index (χ2n) is 7.61. The van der Waals surface area contributed by atoms with Gasteiger partial charge in [-0.25, -0.2) is 13.4 Å². The third-order valence-electron chi connectivity index (χ3n) is 5.57. The van der Waals surface area contributed by atoms with Gasteiger partial charge in [0, 0.05) is 29.6 Å². The zero-order valence-electron chi connectivity index (χ0n) is 17.8. The van der Waals surface area contributed by atoms with Crippen LogP contribution in [0.4, 0.5) is 0 Å². The summed E-state index contributed by atoms with van der Waals surface area (Å²) >= 11 is 0. The lowest BCUT2D eigenvalue weighted by atomic mass is 10.0. The zero-order valence-corrected chi connectivity index (χ0v) is 18.7. The monoisotopic (exact) mass is 442 g/mol. The number of hydrogen-bond acceptors (Lipinski definition) is 7. The topological polar surface area (TPSA) is 86.8 Å². The van der Waals surface area contributed by atoms with Gasteiger partial charge >= 0.3 is 0 Å². The Morgan fingerprint density at radius 1 is 1.00 bits per heavy atom. The van der Waals surface area contributed by atoms with E-state index in [9.17, 15) is 8.42 Å². The van der Waals surface area contributed by atoms with Crippen LogP contribution in [0.5, 0.6) is 17.2 Å². The molecule has 1 aliphatic rings. The summed E-state index contributed by atoms with van der Waals surface area (Å²) in [5.74, 6) is 2.41. The Labute approximate surface area is 182 Å². The maximum absolute atomic E-state index is 11.8. The van der Waals surface area contributed by atoms with Gasteiger partial charge in [0.25, 0.3) is 0 Å². The first-order chi connectivity index (χ1) is 14.9. The molecule has 0 amide bonds. The van der Waals surface area contributed by atoms with E-state index in [1.165, 1.54) is 0 Å². The highest BCUT2D eigenvalue weighted by molar-refractivity contribution is 7.91. The summed E-state index contributed by atoms with van der Waals surface area (Å²) in [5, 5.41) is 4.39. The van der Waals surface area contributed by atoms with Crippen LogP contribution in [-0.2, 0) is 16.4 Å². The summed E-state index contributed by atoms with van der Waals surface area (Å²) in [6.07, 6.45) is 0.631. The van der Waals surface area contributed by atoms with Crippen molar-refractivity contribution < 1.29 is 22.6 Å². The molecule has 164 valence electrons. The molecule has 8 heteroatoms. The molecule has 1 N–H and O–H groups in total. The number of nitrogens with zero attached hydrogens (tertiary/aromatic N) is 1. The van der Waals surface area contributed by atoms with E-state index in [0.717, 1.165) is 33.5 Å². The second-order valence-corrected chi connectivity index (χ2v) is 9.83. The average Bonchev–Trinajstić information content (AvgIpc) is 3.14. The molecule has 1 aliphatic heterocycles.